The highest BCUT2D eigenvalue weighted by Crippen LogP contribution is 2.51. The molecule has 0 spiro atoms. The lowest BCUT2D eigenvalue weighted by atomic mass is 9.98. The summed E-state index contributed by atoms with van der Waals surface area (Å²) >= 11 is 0. The molecule has 2 N–H and O–H groups in total. The van der Waals surface area contributed by atoms with Crippen LogP contribution in [-0.2, 0) is 14.3 Å². The van der Waals surface area contributed by atoms with Crippen molar-refractivity contribution in [2.45, 2.75) is 38.1 Å². The van der Waals surface area contributed by atoms with E-state index >= 15 is 0 Å². The van der Waals surface area contributed by atoms with Gasteiger partial charge in [-0.05, 0) is 40.5 Å². The van der Waals surface area contributed by atoms with Crippen molar-refractivity contribution in [2.75, 3.05) is 19.7 Å². The average Bonchev–Trinajstić information content (AvgIpc) is 3.18. The molecule has 2 amide bonds. The van der Waals surface area contributed by atoms with Crippen molar-refractivity contribution in [3.05, 3.63) is 59.7 Å². The number of carboxylic acids is 1. The quantitative estimate of drug-likeness (QED) is 0.621. The van der Waals surface area contributed by atoms with Crippen LogP contribution in [0.3, 0.4) is 0 Å². The summed E-state index contributed by atoms with van der Waals surface area (Å²) in [5.41, 5.74) is 4.67. The number of carbonyl (C=O) groups is 3. The van der Waals surface area contributed by atoms with Gasteiger partial charge in [-0.2, -0.15) is 0 Å². The summed E-state index contributed by atoms with van der Waals surface area (Å²) in [6.07, 6.45) is 1.20. The lowest BCUT2D eigenvalue weighted by molar-refractivity contribution is -0.141. The molecule has 34 heavy (non-hydrogen) atoms. The van der Waals surface area contributed by atoms with Crippen molar-refractivity contribution in [3.63, 3.8) is 0 Å². The fraction of sp³-hybridized carbons (Fsp3) is 0.444. The van der Waals surface area contributed by atoms with E-state index in [9.17, 15) is 19.5 Å². The van der Waals surface area contributed by atoms with Gasteiger partial charge in [0.1, 0.15) is 6.61 Å². The van der Waals surface area contributed by atoms with E-state index in [1.165, 1.54) is 11.1 Å². The molecule has 1 saturated heterocycles. The van der Waals surface area contributed by atoms with Crippen LogP contribution in [0.2, 0.25) is 0 Å². The number of nitrogens with zero attached hydrogens (tertiary/aromatic N) is 1. The Balaban J connectivity index is 1.16. The van der Waals surface area contributed by atoms with E-state index in [-0.39, 0.29) is 48.6 Å². The van der Waals surface area contributed by atoms with E-state index in [0.29, 0.717) is 19.5 Å². The number of carboxylic acid groups (broad SMARTS) is 1. The number of hydrogen-bond acceptors (Lipinski definition) is 4. The van der Waals surface area contributed by atoms with Crippen molar-refractivity contribution in [1.82, 2.24) is 10.2 Å². The van der Waals surface area contributed by atoms with Gasteiger partial charge in [0.05, 0.1) is 5.92 Å². The second kappa shape index (κ2) is 9.12. The summed E-state index contributed by atoms with van der Waals surface area (Å²) in [6.45, 7) is 3.26. The largest absolute Gasteiger partial charge is 0.481 e. The minimum Gasteiger partial charge on any atom is -0.481 e. The Morgan fingerprint density at radius 1 is 1.03 bits per heavy atom. The van der Waals surface area contributed by atoms with Crippen molar-refractivity contribution in [1.29, 1.82) is 0 Å². The first-order valence-electron chi connectivity index (χ1n) is 12.1. The number of aliphatic carboxylic acids is 1. The molecule has 0 aromatic heterocycles. The van der Waals surface area contributed by atoms with Crippen molar-refractivity contribution >= 4 is 18.0 Å². The SMILES string of the molecule is CCC[C@@H](CC(=O)N1C[C@@H]2C(C(=O)O)[C@@H]2C1)NC(=O)OCC1c2ccccc2-c2ccccc21. The highest BCUT2D eigenvalue weighted by molar-refractivity contribution is 5.81. The van der Waals surface area contributed by atoms with Gasteiger partial charge in [-0.25, -0.2) is 4.79 Å². The number of ether oxygens (including phenoxy) is 1. The van der Waals surface area contributed by atoms with Crippen LogP contribution in [0.25, 0.3) is 11.1 Å². The Bertz CT molecular complexity index is 1060. The molecule has 2 aliphatic carbocycles. The number of carbonyl (C=O) groups excluding carboxylic acids is 2. The molecule has 2 aromatic carbocycles. The standard InChI is InChI=1S/C27H30N2O5/c1-2-7-16(12-24(30)29-13-21-22(14-29)25(21)26(31)32)28-27(33)34-15-23-19-10-5-3-8-17(19)18-9-4-6-11-20(18)23/h3-6,8-11,16,21-23,25H,2,7,12-15H2,1H3,(H,28,33)(H,31,32)/t16-,21-,22+,25?/m0/s1. The third-order valence-corrected chi connectivity index (χ3v) is 7.56. The van der Waals surface area contributed by atoms with Crippen LogP contribution in [0.15, 0.2) is 48.5 Å². The molecule has 0 radical (unpaired) electrons. The maximum Gasteiger partial charge on any atom is 0.407 e. The summed E-state index contributed by atoms with van der Waals surface area (Å²) in [4.78, 5) is 38.4. The zero-order chi connectivity index (χ0) is 23.8. The first-order chi connectivity index (χ1) is 16.5. The molecule has 1 saturated carbocycles. The minimum atomic E-state index is -0.761. The van der Waals surface area contributed by atoms with Gasteiger partial charge in [0.2, 0.25) is 5.91 Å². The van der Waals surface area contributed by atoms with Crippen LogP contribution in [0.5, 0.6) is 0 Å². The molecule has 7 nitrogen and oxygen atoms in total. The molecule has 1 aliphatic heterocycles. The average molecular weight is 463 g/mol. The molecule has 3 aliphatic rings. The molecular formula is C27H30N2O5. The monoisotopic (exact) mass is 462 g/mol. The summed E-state index contributed by atoms with van der Waals surface area (Å²) in [6, 6.07) is 16.1. The number of piperidine rings is 1. The highest BCUT2D eigenvalue weighted by Gasteiger charge is 2.60. The smallest absolute Gasteiger partial charge is 0.407 e. The lowest BCUT2D eigenvalue weighted by Crippen LogP contribution is -2.41. The molecule has 4 atom stereocenters. The van der Waals surface area contributed by atoms with Crippen LogP contribution < -0.4 is 5.32 Å². The number of amides is 2. The molecule has 178 valence electrons. The van der Waals surface area contributed by atoms with Gasteiger partial charge in [-0.3, -0.25) is 9.59 Å². The van der Waals surface area contributed by atoms with Gasteiger partial charge in [-0.15, -0.1) is 0 Å². The lowest BCUT2D eigenvalue weighted by Gasteiger charge is -2.24. The fourth-order valence-electron chi connectivity index (χ4n) is 5.82. The first kappa shape index (κ1) is 22.4. The molecule has 5 rings (SSSR count). The fourth-order valence-corrected chi connectivity index (χ4v) is 5.82. The van der Waals surface area contributed by atoms with E-state index < -0.39 is 12.1 Å². The second-order valence-electron chi connectivity index (χ2n) is 9.65. The number of likely N-dealkylation sites (tertiary alicyclic amines) is 1. The minimum absolute atomic E-state index is 0.0112. The summed E-state index contributed by atoms with van der Waals surface area (Å²) in [5.74, 6) is -0.934. The van der Waals surface area contributed by atoms with Gasteiger partial charge in [0, 0.05) is 31.5 Å². The first-order valence-corrected chi connectivity index (χ1v) is 12.1. The van der Waals surface area contributed by atoms with E-state index in [2.05, 4.69) is 29.6 Å². The number of nitrogens with one attached hydrogen (secondary N) is 1. The Morgan fingerprint density at radius 3 is 2.18 bits per heavy atom. The predicted molar refractivity (Wildman–Crippen MR) is 126 cm³/mol. The Labute approximate surface area is 199 Å². The van der Waals surface area contributed by atoms with Gasteiger partial charge >= 0.3 is 12.1 Å². The van der Waals surface area contributed by atoms with Crippen molar-refractivity contribution in [2.24, 2.45) is 17.8 Å². The number of fused-ring (bicyclic) bond motifs is 4. The summed E-state index contributed by atoms with van der Waals surface area (Å²) in [5, 5.41) is 12.1. The van der Waals surface area contributed by atoms with E-state index in [4.69, 9.17) is 4.74 Å². The number of alkyl carbamates (subject to hydrolysis) is 1. The van der Waals surface area contributed by atoms with Gasteiger partial charge in [-0.1, -0.05) is 61.9 Å². The molecule has 1 heterocycles. The Hall–Kier alpha value is -3.35. The second-order valence-corrected chi connectivity index (χ2v) is 9.65. The molecule has 0 bridgehead atoms. The Kier molecular flexibility index (Phi) is 6.02. The topological polar surface area (TPSA) is 95.9 Å². The molecule has 2 aromatic rings. The molecule has 7 heteroatoms. The molecule has 2 fully saturated rings. The van der Waals surface area contributed by atoms with Gasteiger partial charge < -0.3 is 20.1 Å². The van der Waals surface area contributed by atoms with Crippen LogP contribution in [0, 0.1) is 17.8 Å². The van der Waals surface area contributed by atoms with Crippen LogP contribution in [0.1, 0.15) is 43.2 Å². The summed E-state index contributed by atoms with van der Waals surface area (Å²) < 4.78 is 5.65. The van der Waals surface area contributed by atoms with E-state index in [1.807, 2.05) is 31.2 Å². The van der Waals surface area contributed by atoms with Crippen LogP contribution in [0.4, 0.5) is 4.79 Å². The zero-order valence-corrected chi connectivity index (χ0v) is 19.3. The number of rotatable bonds is 8. The van der Waals surface area contributed by atoms with E-state index in [1.54, 1.807) is 4.90 Å². The maximum atomic E-state index is 12.8. The van der Waals surface area contributed by atoms with Gasteiger partial charge in [0.15, 0.2) is 0 Å². The molecular weight excluding hydrogens is 432 g/mol. The number of benzene rings is 2. The van der Waals surface area contributed by atoms with Crippen LogP contribution >= 0.6 is 0 Å². The molecule has 1 unspecified atom stereocenters. The van der Waals surface area contributed by atoms with Crippen molar-refractivity contribution < 1.29 is 24.2 Å². The van der Waals surface area contributed by atoms with E-state index in [0.717, 1.165) is 17.5 Å². The third kappa shape index (κ3) is 4.15. The Morgan fingerprint density at radius 2 is 1.62 bits per heavy atom. The maximum absolute atomic E-state index is 12.8. The zero-order valence-electron chi connectivity index (χ0n) is 19.3. The highest BCUT2D eigenvalue weighted by atomic mass is 16.5. The number of hydrogen-bond donors (Lipinski definition) is 2. The summed E-state index contributed by atoms with van der Waals surface area (Å²) in [7, 11) is 0. The predicted octanol–water partition coefficient (Wildman–Crippen LogP) is 3.87. The van der Waals surface area contributed by atoms with Crippen molar-refractivity contribution in [3.8, 4) is 11.1 Å². The third-order valence-electron chi connectivity index (χ3n) is 7.56. The van der Waals surface area contributed by atoms with Gasteiger partial charge in [0.25, 0.3) is 0 Å². The van der Waals surface area contributed by atoms with Crippen LogP contribution in [-0.4, -0.2) is 53.7 Å². The normalized spacial score (nSPS) is 23.0.